The minimum Gasteiger partial charge on any atom is -0.392 e. The number of pyridine rings is 1. The van der Waals surface area contributed by atoms with Crippen molar-refractivity contribution in [2.45, 2.75) is 19.7 Å². The fourth-order valence-corrected chi connectivity index (χ4v) is 2.23. The molecule has 2 aromatic heterocycles. The molecular formula is C12H13FN4O. The lowest BCUT2D eigenvalue weighted by atomic mass is 10.2. The van der Waals surface area contributed by atoms with Crippen LogP contribution >= 0.6 is 0 Å². The molecule has 1 aliphatic heterocycles. The number of hydrogen-bond donors (Lipinski definition) is 1. The van der Waals surface area contributed by atoms with Crippen molar-refractivity contribution in [2.75, 3.05) is 11.4 Å². The number of nitrogens with zero attached hydrogens (tertiary/aromatic N) is 4. The minimum absolute atomic E-state index is 0.217. The number of hydrogen-bond acceptors (Lipinski definition) is 4. The Balaban J connectivity index is 1.93. The monoisotopic (exact) mass is 248 g/mol. The summed E-state index contributed by atoms with van der Waals surface area (Å²) in [5.74, 6) is 1.16. The van der Waals surface area contributed by atoms with Crippen molar-refractivity contribution in [1.29, 1.82) is 0 Å². The van der Waals surface area contributed by atoms with E-state index in [4.69, 9.17) is 0 Å². The van der Waals surface area contributed by atoms with Crippen molar-refractivity contribution in [2.24, 2.45) is 0 Å². The van der Waals surface area contributed by atoms with E-state index in [0.717, 1.165) is 18.9 Å². The van der Waals surface area contributed by atoms with Crippen molar-refractivity contribution in [3.05, 3.63) is 41.9 Å². The molecular weight excluding hydrogens is 235 g/mol. The van der Waals surface area contributed by atoms with E-state index in [1.54, 1.807) is 6.20 Å². The number of anilines is 1. The van der Waals surface area contributed by atoms with Crippen molar-refractivity contribution in [3.8, 4) is 0 Å². The molecule has 0 fully saturated rings. The van der Waals surface area contributed by atoms with Crippen LogP contribution in [-0.4, -0.2) is 26.2 Å². The molecule has 0 unspecified atom stereocenters. The lowest BCUT2D eigenvalue weighted by molar-refractivity contribution is 0.280. The largest absolute Gasteiger partial charge is 0.392 e. The standard InChI is InChI=1S/C12H13FN4O/c13-10-5-9(8-18)12(15-6-10)17-4-3-16-2-1-14-11(16)7-17/h1-2,5-6,18H,3-4,7-8H2. The van der Waals surface area contributed by atoms with Crippen molar-refractivity contribution in [1.82, 2.24) is 14.5 Å². The van der Waals surface area contributed by atoms with Crippen LogP contribution in [0.4, 0.5) is 10.2 Å². The maximum absolute atomic E-state index is 13.1. The normalized spacial score (nSPS) is 14.7. The molecule has 0 atom stereocenters. The predicted octanol–water partition coefficient (Wildman–Crippen LogP) is 0.930. The number of halogens is 1. The topological polar surface area (TPSA) is 54.2 Å². The summed E-state index contributed by atoms with van der Waals surface area (Å²) in [6.07, 6.45) is 4.89. The number of aromatic nitrogens is 3. The average Bonchev–Trinajstić information content (AvgIpc) is 2.85. The molecule has 0 aromatic carbocycles. The van der Waals surface area contributed by atoms with E-state index in [1.165, 1.54) is 12.3 Å². The third-order valence-electron chi connectivity index (χ3n) is 3.12. The summed E-state index contributed by atoms with van der Waals surface area (Å²) in [5, 5.41) is 9.27. The number of aliphatic hydroxyl groups excluding tert-OH is 1. The van der Waals surface area contributed by atoms with E-state index in [0.29, 0.717) is 17.9 Å². The molecule has 0 amide bonds. The maximum atomic E-state index is 13.1. The molecule has 0 saturated heterocycles. The maximum Gasteiger partial charge on any atom is 0.142 e. The van der Waals surface area contributed by atoms with Gasteiger partial charge in [0.1, 0.15) is 17.5 Å². The summed E-state index contributed by atoms with van der Waals surface area (Å²) in [6, 6.07) is 1.32. The first-order valence-corrected chi connectivity index (χ1v) is 5.78. The number of imidazole rings is 1. The van der Waals surface area contributed by atoms with Crippen LogP contribution in [0.3, 0.4) is 0 Å². The molecule has 1 N–H and O–H groups in total. The van der Waals surface area contributed by atoms with E-state index < -0.39 is 5.82 Å². The summed E-state index contributed by atoms with van der Waals surface area (Å²) >= 11 is 0. The zero-order valence-corrected chi connectivity index (χ0v) is 9.75. The van der Waals surface area contributed by atoms with E-state index in [1.807, 2.05) is 11.1 Å². The van der Waals surface area contributed by atoms with E-state index >= 15 is 0 Å². The molecule has 1 aliphatic rings. The Morgan fingerprint density at radius 2 is 2.22 bits per heavy atom. The molecule has 0 radical (unpaired) electrons. The van der Waals surface area contributed by atoms with E-state index in [9.17, 15) is 9.50 Å². The molecule has 0 bridgehead atoms. The van der Waals surface area contributed by atoms with Gasteiger partial charge in [-0.15, -0.1) is 0 Å². The second-order valence-corrected chi connectivity index (χ2v) is 4.25. The Hall–Kier alpha value is -1.95. The summed E-state index contributed by atoms with van der Waals surface area (Å²) in [7, 11) is 0. The average molecular weight is 248 g/mol. The molecule has 0 spiro atoms. The van der Waals surface area contributed by atoms with Crippen LogP contribution in [0.15, 0.2) is 24.7 Å². The van der Waals surface area contributed by atoms with E-state index in [2.05, 4.69) is 14.5 Å². The first kappa shape index (κ1) is 11.2. The van der Waals surface area contributed by atoms with Crippen molar-refractivity contribution >= 4 is 5.82 Å². The summed E-state index contributed by atoms with van der Waals surface area (Å²) in [5.41, 5.74) is 0.509. The molecule has 3 rings (SSSR count). The molecule has 2 aromatic rings. The summed E-state index contributed by atoms with van der Waals surface area (Å²) < 4.78 is 15.2. The summed E-state index contributed by atoms with van der Waals surface area (Å²) in [4.78, 5) is 10.4. The van der Waals surface area contributed by atoms with Gasteiger partial charge >= 0.3 is 0 Å². The van der Waals surface area contributed by atoms with Gasteiger partial charge in [0.25, 0.3) is 0 Å². The van der Waals surface area contributed by atoms with Gasteiger partial charge in [0.2, 0.25) is 0 Å². The van der Waals surface area contributed by atoms with Crippen LogP contribution in [0.5, 0.6) is 0 Å². The van der Waals surface area contributed by atoms with E-state index in [-0.39, 0.29) is 6.61 Å². The molecule has 3 heterocycles. The molecule has 6 heteroatoms. The summed E-state index contributed by atoms with van der Waals surface area (Å²) in [6.45, 7) is 2.00. The number of aliphatic hydroxyl groups is 1. The van der Waals surface area contributed by atoms with Crippen molar-refractivity contribution < 1.29 is 9.50 Å². The quantitative estimate of drug-likeness (QED) is 0.859. The number of rotatable bonds is 2. The second-order valence-electron chi connectivity index (χ2n) is 4.25. The first-order chi connectivity index (χ1) is 8.78. The molecule has 5 nitrogen and oxygen atoms in total. The highest BCUT2D eigenvalue weighted by Crippen LogP contribution is 2.22. The lowest BCUT2D eigenvalue weighted by Crippen LogP contribution is -2.34. The smallest absolute Gasteiger partial charge is 0.142 e. The molecule has 0 saturated carbocycles. The third kappa shape index (κ3) is 1.84. The van der Waals surface area contributed by atoms with Gasteiger partial charge < -0.3 is 14.6 Å². The third-order valence-corrected chi connectivity index (χ3v) is 3.12. The van der Waals surface area contributed by atoms with Gasteiger partial charge in [-0.05, 0) is 6.07 Å². The van der Waals surface area contributed by atoms with Crippen molar-refractivity contribution in [3.63, 3.8) is 0 Å². The van der Waals surface area contributed by atoms with Gasteiger partial charge in [0, 0.05) is 31.0 Å². The fraction of sp³-hybridized carbons (Fsp3) is 0.333. The highest BCUT2D eigenvalue weighted by molar-refractivity contribution is 5.47. The van der Waals surface area contributed by atoms with Crippen LogP contribution in [0, 0.1) is 5.82 Å². The van der Waals surface area contributed by atoms with Gasteiger partial charge in [0.05, 0.1) is 19.3 Å². The first-order valence-electron chi connectivity index (χ1n) is 5.78. The molecule has 94 valence electrons. The Morgan fingerprint density at radius 1 is 1.33 bits per heavy atom. The highest BCUT2D eigenvalue weighted by atomic mass is 19.1. The van der Waals surface area contributed by atoms with Crippen LogP contribution in [0.1, 0.15) is 11.4 Å². The zero-order chi connectivity index (χ0) is 12.5. The SMILES string of the molecule is OCc1cc(F)cnc1N1CCn2ccnc2C1. The zero-order valence-electron chi connectivity index (χ0n) is 9.75. The van der Waals surface area contributed by atoms with Gasteiger partial charge in [0.15, 0.2) is 0 Å². The van der Waals surface area contributed by atoms with Gasteiger partial charge in [-0.2, -0.15) is 0 Å². The Labute approximate surface area is 104 Å². The fourth-order valence-electron chi connectivity index (χ4n) is 2.23. The van der Waals surface area contributed by atoms with Crippen LogP contribution in [0.25, 0.3) is 0 Å². The number of fused-ring (bicyclic) bond motifs is 1. The van der Waals surface area contributed by atoms with Crippen LogP contribution in [-0.2, 0) is 19.7 Å². The molecule has 18 heavy (non-hydrogen) atoms. The second kappa shape index (κ2) is 4.38. The highest BCUT2D eigenvalue weighted by Gasteiger charge is 2.20. The lowest BCUT2D eigenvalue weighted by Gasteiger charge is -2.29. The predicted molar refractivity (Wildman–Crippen MR) is 63.4 cm³/mol. The minimum atomic E-state index is -0.429. The Morgan fingerprint density at radius 3 is 3.06 bits per heavy atom. The van der Waals surface area contributed by atoms with Gasteiger partial charge in [-0.25, -0.2) is 14.4 Å². The Bertz CT molecular complexity index is 569. The van der Waals surface area contributed by atoms with Crippen LogP contribution in [0.2, 0.25) is 0 Å². The van der Waals surface area contributed by atoms with Crippen LogP contribution < -0.4 is 4.90 Å². The van der Waals surface area contributed by atoms with Gasteiger partial charge in [-0.1, -0.05) is 0 Å². The molecule has 0 aliphatic carbocycles. The Kier molecular flexibility index (Phi) is 2.71. The van der Waals surface area contributed by atoms with Gasteiger partial charge in [-0.3, -0.25) is 0 Å².